The van der Waals surface area contributed by atoms with Crippen molar-refractivity contribution < 1.29 is 5.11 Å². The number of hydrogen-bond donors (Lipinski definition) is 1. The average Bonchev–Trinajstić information content (AvgIpc) is 2.43. The Labute approximate surface area is 80.6 Å². The van der Waals surface area contributed by atoms with Crippen molar-refractivity contribution in [2.24, 2.45) is 0 Å². The normalized spacial score (nSPS) is 21.6. The van der Waals surface area contributed by atoms with Crippen LogP contribution < -0.4 is 0 Å². The van der Waals surface area contributed by atoms with Gasteiger partial charge in [0.25, 0.3) is 0 Å². The molecular weight excluding hydrogens is 164 g/mol. The topological polar surface area (TPSA) is 26.7 Å². The summed E-state index contributed by atoms with van der Waals surface area (Å²) in [5, 5.41) is 9.60. The van der Waals surface area contributed by atoms with Crippen LogP contribution in [0.5, 0.6) is 0 Å². The molecule has 0 aromatic rings. The van der Waals surface area contributed by atoms with E-state index in [-0.39, 0.29) is 0 Å². The summed E-state index contributed by atoms with van der Waals surface area (Å²) >= 11 is 0. The van der Waals surface area contributed by atoms with E-state index < -0.39 is 6.35 Å². The van der Waals surface area contributed by atoms with E-state index >= 15 is 0 Å². The molecule has 0 fully saturated rings. The number of hydrogen-bond acceptors (Lipinski definition) is 3. The average molecular weight is 184 g/mol. The Morgan fingerprint density at radius 3 is 2.54 bits per heavy atom. The van der Waals surface area contributed by atoms with Gasteiger partial charge in [-0.05, 0) is 6.42 Å². The van der Waals surface area contributed by atoms with Crippen LogP contribution in [0.2, 0.25) is 0 Å². The molecule has 13 heavy (non-hydrogen) atoms. The molecule has 0 aromatic heterocycles. The first-order valence-corrected chi connectivity index (χ1v) is 5.09. The lowest BCUT2D eigenvalue weighted by Gasteiger charge is -2.25. The zero-order valence-electron chi connectivity index (χ0n) is 8.61. The summed E-state index contributed by atoms with van der Waals surface area (Å²) in [5.74, 6) is 0. The third-order valence-corrected chi connectivity index (χ3v) is 2.42. The Kier molecular flexibility index (Phi) is 4.09. The van der Waals surface area contributed by atoms with Crippen LogP contribution in [0.4, 0.5) is 0 Å². The van der Waals surface area contributed by atoms with Crippen molar-refractivity contribution >= 4 is 0 Å². The summed E-state index contributed by atoms with van der Waals surface area (Å²) in [5.41, 5.74) is 0. The quantitative estimate of drug-likeness (QED) is 0.657. The lowest BCUT2D eigenvalue weighted by molar-refractivity contribution is -0.0365. The predicted octanol–water partition coefficient (Wildman–Crippen LogP) is 1.56. The summed E-state index contributed by atoms with van der Waals surface area (Å²) in [6.45, 7) is 3.17. The summed E-state index contributed by atoms with van der Waals surface area (Å²) in [6.07, 6.45) is 8.41. The van der Waals surface area contributed by atoms with Crippen molar-refractivity contribution in [2.45, 2.75) is 39.0 Å². The van der Waals surface area contributed by atoms with Crippen LogP contribution in [0.25, 0.3) is 0 Å². The molecule has 0 aliphatic carbocycles. The molecule has 1 aliphatic heterocycles. The molecule has 76 valence electrons. The van der Waals surface area contributed by atoms with E-state index in [0.29, 0.717) is 0 Å². The molecule has 1 atom stereocenters. The van der Waals surface area contributed by atoms with Crippen LogP contribution >= 0.6 is 0 Å². The molecule has 0 radical (unpaired) electrons. The minimum absolute atomic E-state index is 0.443. The molecule has 3 heteroatoms. The van der Waals surface area contributed by atoms with E-state index in [1.165, 1.54) is 25.7 Å². The predicted molar refractivity (Wildman–Crippen MR) is 53.8 cm³/mol. The van der Waals surface area contributed by atoms with Crippen molar-refractivity contribution in [3.8, 4) is 0 Å². The number of unbranched alkanes of at least 4 members (excludes halogenated alkanes) is 3. The molecule has 0 saturated heterocycles. The maximum absolute atomic E-state index is 9.60. The molecule has 1 N–H and O–H groups in total. The smallest absolute Gasteiger partial charge is 0.206 e. The highest BCUT2D eigenvalue weighted by Crippen LogP contribution is 2.12. The fraction of sp³-hybridized carbons (Fsp3) is 0.800. The van der Waals surface area contributed by atoms with Crippen molar-refractivity contribution in [2.75, 3.05) is 13.6 Å². The van der Waals surface area contributed by atoms with Gasteiger partial charge in [0.1, 0.15) is 0 Å². The van der Waals surface area contributed by atoms with E-state index in [0.717, 1.165) is 6.54 Å². The van der Waals surface area contributed by atoms with Gasteiger partial charge < -0.3 is 14.9 Å². The highest BCUT2D eigenvalue weighted by atomic mass is 16.3. The molecular formula is C10H20N2O. The fourth-order valence-electron chi connectivity index (χ4n) is 1.49. The zero-order valence-corrected chi connectivity index (χ0v) is 8.61. The molecule has 0 amide bonds. The first kappa shape index (κ1) is 10.4. The lowest BCUT2D eigenvalue weighted by atomic mass is 10.2. The number of aliphatic hydroxyl groups is 1. The van der Waals surface area contributed by atoms with Crippen molar-refractivity contribution in [3.05, 3.63) is 12.4 Å². The van der Waals surface area contributed by atoms with Crippen LogP contribution in [0.15, 0.2) is 12.4 Å². The minimum atomic E-state index is -0.443. The van der Waals surface area contributed by atoms with Gasteiger partial charge in [0.05, 0.1) is 0 Å². The monoisotopic (exact) mass is 184 g/mol. The van der Waals surface area contributed by atoms with Crippen LogP contribution in [0.3, 0.4) is 0 Å². The largest absolute Gasteiger partial charge is 0.356 e. The molecule has 1 heterocycles. The van der Waals surface area contributed by atoms with E-state index in [1.807, 2.05) is 24.3 Å². The SMILES string of the molecule is CCCCCCN1C=CN(C)C1O. The Morgan fingerprint density at radius 1 is 1.23 bits per heavy atom. The van der Waals surface area contributed by atoms with E-state index in [2.05, 4.69) is 6.92 Å². The van der Waals surface area contributed by atoms with E-state index in [4.69, 9.17) is 0 Å². The maximum atomic E-state index is 9.60. The standard InChI is InChI=1S/C10H20N2O/c1-3-4-5-6-7-12-9-8-11(2)10(12)13/h8-10,13H,3-7H2,1-2H3. The highest BCUT2D eigenvalue weighted by Gasteiger charge is 2.19. The van der Waals surface area contributed by atoms with Gasteiger partial charge in [-0.15, -0.1) is 0 Å². The summed E-state index contributed by atoms with van der Waals surface area (Å²) in [7, 11) is 1.88. The second-order valence-electron chi connectivity index (χ2n) is 3.61. The molecule has 1 rings (SSSR count). The Hall–Kier alpha value is -0.700. The van der Waals surface area contributed by atoms with Crippen LogP contribution in [-0.2, 0) is 0 Å². The van der Waals surface area contributed by atoms with Gasteiger partial charge >= 0.3 is 0 Å². The third-order valence-electron chi connectivity index (χ3n) is 2.42. The molecule has 0 bridgehead atoms. The second kappa shape index (κ2) is 5.12. The molecule has 1 aliphatic rings. The Bertz CT molecular complexity index is 170. The summed E-state index contributed by atoms with van der Waals surface area (Å²) in [4.78, 5) is 3.77. The number of nitrogens with zero attached hydrogens (tertiary/aromatic N) is 2. The Morgan fingerprint density at radius 2 is 2.00 bits per heavy atom. The first-order chi connectivity index (χ1) is 6.25. The molecule has 3 nitrogen and oxygen atoms in total. The fourth-order valence-corrected chi connectivity index (χ4v) is 1.49. The van der Waals surface area contributed by atoms with Gasteiger partial charge in [-0.1, -0.05) is 26.2 Å². The van der Waals surface area contributed by atoms with Gasteiger partial charge in [0.15, 0.2) is 0 Å². The van der Waals surface area contributed by atoms with Gasteiger partial charge in [-0.25, -0.2) is 0 Å². The van der Waals surface area contributed by atoms with Crippen LogP contribution in [0, 0.1) is 0 Å². The molecule has 0 spiro atoms. The lowest BCUT2D eigenvalue weighted by Crippen LogP contribution is -2.36. The highest BCUT2D eigenvalue weighted by molar-refractivity contribution is 4.90. The van der Waals surface area contributed by atoms with E-state index in [1.54, 1.807) is 4.90 Å². The van der Waals surface area contributed by atoms with Crippen LogP contribution in [0.1, 0.15) is 32.6 Å². The van der Waals surface area contributed by atoms with Crippen LogP contribution in [-0.4, -0.2) is 34.9 Å². The second-order valence-corrected chi connectivity index (χ2v) is 3.61. The zero-order chi connectivity index (χ0) is 9.68. The van der Waals surface area contributed by atoms with Gasteiger partial charge in [-0.3, -0.25) is 0 Å². The van der Waals surface area contributed by atoms with Gasteiger partial charge in [0.2, 0.25) is 6.35 Å². The van der Waals surface area contributed by atoms with Crippen molar-refractivity contribution in [3.63, 3.8) is 0 Å². The molecule has 0 aromatic carbocycles. The number of aliphatic hydroxyl groups excluding tert-OH is 1. The van der Waals surface area contributed by atoms with Crippen molar-refractivity contribution in [1.29, 1.82) is 0 Å². The Balaban J connectivity index is 2.12. The van der Waals surface area contributed by atoms with Gasteiger partial charge in [-0.2, -0.15) is 0 Å². The van der Waals surface area contributed by atoms with Gasteiger partial charge in [0, 0.05) is 26.0 Å². The maximum Gasteiger partial charge on any atom is 0.206 e. The first-order valence-electron chi connectivity index (χ1n) is 5.09. The van der Waals surface area contributed by atoms with Crippen molar-refractivity contribution in [1.82, 2.24) is 9.80 Å². The molecule has 0 saturated carbocycles. The third kappa shape index (κ3) is 2.92. The van der Waals surface area contributed by atoms with E-state index in [9.17, 15) is 5.11 Å². The number of rotatable bonds is 5. The minimum Gasteiger partial charge on any atom is -0.356 e. The molecule has 1 unspecified atom stereocenters. The summed E-state index contributed by atoms with van der Waals surface area (Å²) in [6, 6.07) is 0. The summed E-state index contributed by atoms with van der Waals surface area (Å²) < 4.78 is 0.